The van der Waals surface area contributed by atoms with E-state index in [9.17, 15) is 13.0 Å². The van der Waals surface area contributed by atoms with Crippen molar-refractivity contribution in [2.75, 3.05) is 18.0 Å². The lowest BCUT2D eigenvalue weighted by Crippen LogP contribution is -2.31. The molecule has 2 rings (SSSR count). The van der Waals surface area contributed by atoms with Crippen molar-refractivity contribution < 1.29 is 13.0 Å². The first-order chi connectivity index (χ1) is 8.00. The summed E-state index contributed by atoms with van der Waals surface area (Å²) in [4.78, 5) is 5.38. The average Bonchev–Trinajstić information content (AvgIpc) is 2.28. The number of halogens is 1. The van der Waals surface area contributed by atoms with Gasteiger partial charge in [-0.2, -0.15) is 8.42 Å². The van der Waals surface area contributed by atoms with Gasteiger partial charge >= 0.3 is 0 Å². The SMILES string of the molecule is O=S(=O)(O)c1cncc(Cl)c1N1CCCCC1. The lowest BCUT2D eigenvalue weighted by molar-refractivity contribution is 0.481. The number of hydrogen-bond acceptors (Lipinski definition) is 4. The molecule has 0 radical (unpaired) electrons. The zero-order chi connectivity index (χ0) is 12.5. The molecule has 0 aliphatic carbocycles. The van der Waals surface area contributed by atoms with Gasteiger partial charge in [-0.1, -0.05) is 11.6 Å². The summed E-state index contributed by atoms with van der Waals surface area (Å²) in [6.45, 7) is 1.48. The van der Waals surface area contributed by atoms with E-state index in [2.05, 4.69) is 4.98 Å². The molecule has 0 unspecified atom stereocenters. The van der Waals surface area contributed by atoms with Crippen molar-refractivity contribution in [1.82, 2.24) is 4.98 Å². The molecule has 94 valence electrons. The molecule has 1 aromatic heterocycles. The zero-order valence-corrected chi connectivity index (χ0v) is 10.7. The zero-order valence-electron chi connectivity index (χ0n) is 9.13. The van der Waals surface area contributed by atoms with Crippen LogP contribution in [0.4, 0.5) is 5.69 Å². The number of hydrogen-bond donors (Lipinski definition) is 1. The van der Waals surface area contributed by atoms with Crippen LogP contribution in [0.15, 0.2) is 17.3 Å². The fourth-order valence-corrected chi connectivity index (χ4v) is 3.03. The second-order valence-electron chi connectivity index (χ2n) is 3.99. The van der Waals surface area contributed by atoms with E-state index in [-0.39, 0.29) is 9.92 Å². The molecule has 1 aliphatic rings. The van der Waals surface area contributed by atoms with Gasteiger partial charge in [0.2, 0.25) is 0 Å². The van der Waals surface area contributed by atoms with Crippen LogP contribution in [0.1, 0.15) is 19.3 Å². The Morgan fingerprint density at radius 2 is 1.88 bits per heavy atom. The number of rotatable bonds is 2. The summed E-state index contributed by atoms with van der Waals surface area (Å²) in [5, 5.41) is 0.252. The van der Waals surface area contributed by atoms with Crippen LogP contribution in [0.2, 0.25) is 5.02 Å². The van der Waals surface area contributed by atoms with E-state index in [1.165, 1.54) is 6.20 Å². The number of pyridine rings is 1. The Bertz CT molecular complexity index is 512. The molecule has 0 amide bonds. The van der Waals surface area contributed by atoms with Crippen LogP contribution in [0.5, 0.6) is 0 Å². The maximum absolute atomic E-state index is 11.3. The molecule has 0 aromatic carbocycles. The summed E-state index contributed by atoms with van der Waals surface area (Å²) in [6.07, 6.45) is 5.62. The monoisotopic (exact) mass is 276 g/mol. The van der Waals surface area contributed by atoms with Gasteiger partial charge < -0.3 is 4.90 Å². The minimum atomic E-state index is -4.29. The molecule has 7 heteroatoms. The first kappa shape index (κ1) is 12.6. The molecule has 1 aliphatic heterocycles. The summed E-state index contributed by atoms with van der Waals surface area (Å²) in [6, 6.07) is 0. The van der Waals surface area contributed by atoms with Gasteiger partial charge in [0.15, 0.2) is 0 Å². The number of anilines is 1. The van der Waals surface area contributed by atoms with Crippen molar-refractivity contribution in [1.29, 1.82) is 0 Å². The van der Waals surface area contributed by atoms with Gasteiger partial charge in [-0.05, 0) is 19.3 Å². The summed E-state index contributed by atoms with van der Waals surface area (Å²) in [5.41, 5.74) is 0.365. The van der Waals surface area contributed by atoms with Gasteiger partial charge in [0.1, 0.15) is 4.90 Å². The fraction of sp³-hybridized carbons (Fsp3) is 0.500. The first-order valence-corrected chi connectivity index (χ1v) is 7.18. The predicted molar refractivity (Wildman–Crippen MR) is 65.1 cm³/mol. The highest BCUT2D eigenvalue weighted by atomic mass is 35.5. The molecule has 0 atom stereocenters. The number of piperidine rings is 1. The second kappa shape index (κ2) is 4.80. The number of nitrogens with zero attached hydrogens (tertiary/aromatic N) is 2. The van der Waals surface area contributed by atoms with Crippen LogP contribution in [0.25, 0.3) is 0 Å². The molecule has 1 fully saturated rings. The Morgan fingerprint density at radius 3 is 2.47 bits per heavy atom. The normalized spacial score (nSPS) is 17.2. The van der Waals surface area contributed by atoms with Crippen molar-refractivity contribution in [2.45, 2.75) is 24.2 Å². The maximum atomic E-state index is 11.3. The topological polar surface area (TPSA) is 70.5 Å². The average molecular weight is 277 g/mol. The highest BCUT2D eigenvalue weighted by molar-refractivity contribution is 7.86. The minimum absolute atomic E-state index is 0.216. The lowest BCUT2D eigenvalue weighted by Gasteiger charge is -2.30. The van der Waals surface area contributed by atoms with Crippen molar-refractivity contribution in [2.24, 2.45) is 0 Å². The van der Waals surface area contributed by atoms with Gasteiger partial charge in [0.25, 0.3) is 10.1 Å². The highest BCUT2D eigenvalue weighted by Gasteiger charge is 2.24. The van der Waals surface area contributed by atoms with Crippen LogP contribution in [0.3, 0.4) is 0 Å². The molecule has 1 N–H and O–H groups in total. The highest BCUT2D eigenvalue weighted by Crippen LogP contribution is 2.33. The fourth-order valence-electron chi connectivity index (χ4n) is 2.02. The van der Waals surface area contributed by atoms with E-state index in [4.69, 9.17) is 11.6 Å². The van der Waals surface area contributed by atoms with E-state index in [0.29, 0.717) is 5.69 Å². The molecule has 2 heterocycles. The van der Waals surface area contributed by atoms with Crippen LogP contribution in [-0.2, 0) is 10.1 Å². The van der Waals surface area contributed by atoms with Crippen LogP contribution >= 0.6 is 11.6 Å². The van der Waals surface area contributed by atoms with Crippen LogP contribution in [-0.4, -0.2) is 31.0 Å². The molecule has 1 aromatic rings. The Balaban J connectivity index is 2.50. The molecule has 0 saturated carbocycles. The largest absolute Gasteiger partial charge is 0.369 e. The molecular weight excluding hydrogens is 264 g/mol. The standard InChI is InChI=1S/C10H13ClN2O3S/c11-8-6-12-7-9(17(14,15)16)10(8)13-4-2-1-3-5-13/h6-7H,1-5H2,(H,14,15,16). The smallest absolute Gasteiger partial charge is 0.298 e. The van der Waals surface area contributed by atoms with Gasteiger partial charge in [-0.25, -0.2) is 0 Å². The van der Waals surface area contributed by atoms with Gasteiger partial charge in [0, 0.05) is 19.3 Å². The van der Waals surface area contributed by atoms with Gasteiger partial charge in [-0.15, -0.1) is 0 Å². The van der Waals surface area contributed by atoms with Crippen molar-refractivity contribution in [3.63, 3.8) is 0 Å². The third-order valence-electron chi connectivity index (χ3n) is 2.79. The Kier molecular flexibility index (Phi) is 3.56. The Labute approximate surface area is 105 Å². The molecule has 0 bridgehead atoms. The summed E-state index contributed by atoms with van der Waals surface area (Å²) in [7, 11) is -4.29. The van der Waals surface area contributed by atoms with E-state index in [1.54, 1.807) is 0 Å². The summed E-state index contributed by atoms with van der Waals surface area (Å²) in [5.74, 6) is 0. The molecule has 5 nitrogen and oxygen atoms in total. The Hall–Kier alpha value is -0.850. The van der Waals surface area contributed by atoms with Crippen molar-refractivity contribution >= 4 is 27.4 Å². The minimum Gasteiger partial charge on any atom is -0.369 e. The molecule has 0 spiro atoms. The maximum Gasteiger partial charge on any atom is 0.298 e. The van der Waals surface area contributed by atoms with Crippen LogP contribution in [0, 0.1) is 0 Å². The third-order valence-corrected chi connectivity index (χ3v) is 3.92. The van der Waals surface area contributed by atoms with Crippen molar-refractivity contribution in [3.8, 4) is 0 Å². The Morgan fingerprint density at radius 1 is 1.24 bits per heavy atom. The van der Waals surface area contributed by atoms with Gasteiger partial charge in [0.05, 0.1) is 16.9 Å². The van der Waals surface area contributed by atoms with E-state index < -0.39 is 10.1 Å². The third kappa shape index (κ3) is 2.70. The van der Waals surface area contributed by atoms with Crippen LogP contribution < -0.4 is 4.90 Å². The van der Waals surface area contributed by atoms with E-state index in [1.807, 2.05) is 4.90 Å². The lowest BCUT2D eigenvalue weighted by atomic mass is 10.1. The summed E-state index contributed by atoms with van der Waals surface area (Å²) < 4.78 is 31.7. The van der Waals surface area contributed by atoms with E-state index >= 15 is 0 Å². The molecule has 1 saturated heterocycles. The van der Waals surface area contributed by atoms with Gasteiger partial charge in [-0.3, -0.25) is 9.54 Å². The second-order valence-corrected chi connectivity index (χ2v) is 5.79. The predicted octanol–water partition coefficient (Wildman–Crippen LogP) is 1.97. The first-order valence-electron chi connectivity index (χ1n) is 5.36. The quantitative estimate of drug-likeness (QED) is 0.836. The van der Waals surface area contributed by atoms with E-state index in [0.717, 1.165) is 38.5 Å². The number of aromatic nitrogens is 1. The summed E-state index contributed by atoms with van der Waals surface area (Å²) >= 11 is 5.99. The van der Waals surface area contributed by atoms with Crippen molar-refractivity contribution in [3.05, 3.63) is 17.4 Å². The molecular formula is C10H13ClN2O3S. The molecule has 17 heavy (non-hydrogen) atoms.